The Balaban J connectivity index is 2.01. The third-order valence-corrected chi connectivity index (χ3v) is 4.06. The quantitative estimate of drug-likeness (QED) is 0.852. The summed E-state index contributed by atoms with van der Waals surface area (Å²) in [7, 11) is 1.56. The van der Waals surface area contributed by atoms with Crippen LogP contribution in [0.15, 0.2) is 12.1 Å². The minimum Gasteiger partial charge on any atom is -0.506 e. The van der Waals surface area contributed by atoms with Gasteiger partial charge < -0.3 is 14.6 Å². The molecule has 1 saturated heterocycles. The zero-order valence-electron chi connectivity index (χ0n) is 14.1. The maximum atomic E-state index is 12.2. The van der Waals surface area contributed by atoms with E-state index in [1.165, 1.54) is 6.07 Å². The van der Waals surface area contributed by atoms with Gasteiger partial charge in [0.15, 0.2) is 0 Å². The summed E-state index contributed by atoms with van der Waals surface area (Å²) in [5.41, 5.74) is 0.429. The van der Waals surface area contributed by atoms with Crippen molar-refractivity contribution in [2.45, 2.75) is 39.3 Å². The van der Waals surface area contributed by atoms with E-state index >= 15 is 0 Å². The van der Waals surface area contributed by atoms with Gasteiger partial charge in [-0.2, -0.15) is 0 Å². The first-order valence-electron chi connectivity index (χ1n) is 7.70. The number of rotatable bonds is 4. The third kappa shape index (κ3) is 4.75. The van der Waals surface area contributed by atoms with E-state index in [2.05, 4.69) is 4.90 Å². The summed E-state index contributed by atoms with van der Waals surface area (Å²) < 4.78 is 10.8. The monoisotopic (exact) mass is 341 g/mol. The molecule has 23 heavy (non-hydrogen) atoms. The molecule has 0 radical (unpaired) electrons. The number of hydrogen-bond donors (Lipinski definition) is 1. The molecule has 1 fully saturated rings. The second-order valence-corrected chi connectivity index (χ2v) is 7.28. The van der Waals surface area contributed by atoms with Crippen molar-refractivity contribution in [3.05, 3.63) is 22.7 Å². The summed E-state index contributed by atoms with van der Waals surface area (Å²) in [6.45, 7) is 7.70. The number of aromatic hydroxyl groups is 1. The molecule has 1 heterocycles. The van der Waals surface area contributed by atoms with Crippen molar-refractivity contribution >= 4 is 17.6 Å². The maximum absolute atomic E-state index is 12.2. The van der Waals surface area contributed by atoms with Gasteiger partial charge in [0.25, 0.3) is 0 Å². The SMILES string of the molecule is COc1cc(O)c(Cl)cc1CN1CCC(C(=O)OC(C)(C)C)C1. The van der Waals surface area contributed by atoms with Crippen molar-refractivity contribution in [2.24, 2.45) is 5.92 Å². The first kappa shape index (κ1) is 17.9. The average Bonchev–Trinajstić information content (AvgIpc) is 2.89. The Kier molecular flexibility index (Phi) is 5.42. The minimum absolute atomic E-state index is 0.000296. The highest BCUT2D eigenvalue weighted by atomic mass is 35.5. The number of esters is 1. The van der Waals surface area contributed by atoms with Crippen LogP contribution in [0.3, 0.4) is 0 Å². The first-order valence-corrected chi connectivity index (χ1v) is 8.08. The van der Waals surface area contributed by atoms with Crippen molar-refractivity contribution in [2.75, 3.05) is 20.2 Å². The fraction of sp³-hybridized carbons (Fsp3) is 0.588. The molecule has 2 rings (SSSR count). The standard InChI is InChI=1S/C17H24ClNO4/c1-17(2,3)23-16(21)11-5-6-19(9-11)10-12-7-13(18)14(20)8-15(12)22-4/h7-8,11,20H,5-6,9-10H2,1-4H3. The van der Waals surface area contributed by atoms with Crippen molar-refractivity contribution in [1.29, 1.82) is 0 Å². The Morgan fingerprint density at radius 2 is 2.13 bits per heavy atom. The number of ether oxygens (including phenoxy) is 2. The first-order chi connectivity index (χ1) is 10.7. The maximum Gasteiger partial charge on any atom is 0.310 e. The molecular formula is C17H24ClNO4. The highest BCUT2D eigenvalue weighted by Crippen LogP contribution is 2.33. The van der Waals surface area contributed by atoms with Gasteiger partial charge >= 0.3 is 5.97 Å². The van der Waals surface area contributed by atoms with E-state index in [-0.39, 0.29) is 17.6 Å². The molecule has 128 valence electrons. The predicted molar refractivity (Wildman–Crippen MR) is 88.9 cm³/mol. The van der Waals surface area contributed by atoms with E-state index in [4.69, 9.17) is 21.1 Å². The number of phenols is 1. The van der Waals surface area contributed by atoms with Gasteiger partial charge in [-0.15, -0.1) is 0 Å². The van der Waals surface area contributed by atoms with Crippen LogP contribution in [0.2, 0.25) is 5.02 Å². The van der Waals surface area contributed by atoms with Crippen LogP contribution in [0.25, 0.3) is 0 Å². The second-order valence-electron chi connectivity index (χ2n) is 6.87. The molecule has 1 aromatic rings. The van der Waals surface area contributed by atoms with Crippen molar-refractivity contribution in [3.8, 4) is 11.5 Å². The summed E-state index contributed by atoms with van der Waals surface area (Å²) in [5, 5.41) is 9.95. The van der Waals surface area contributed by atoms with Gasteiger partial charge in [-0.3, -0.25) is 9.69 Å². The lowest BCUT2D eigenvalue weighted by atomic mass is 10.1. The van der Waals surface area contributed by atoms with Gasteiger partial charge in [0.05, 0.1) is 18.1 Å². The molecule has 0 amide bonds. The molecule has 0 bridgehead atoms. The van der Waals surface area contributed by atoms with Gasteiger partial charge in [-0.25, -0.2) is 0 Å². The number of nitrogens with zero attached hydrogens (tertiary/aromatic N) is 1. The normalized spacial score (nSPS) is 18.9. The summed E-state index contributed by atoms with van der Waals surface area (Å²) >= 11 is 5.98. The lowest BCUT2D eigenvalue weighted by Gasteiger charge is -2.22. The molecule has 1 unspecified atom stereocenters. The van der Waals surface area contributed by atoms with Crippen LogP contribution in [0.1, 0.15) is 32.8 Å². The zero-order chi connectivity index (χ0) is 17.2. The summed E-state index contributed by atoms with van der Waals surface area (Å²) in [4.78, 5) is 14.3. The van der Waals surface area contributed by atoms with Crippen molar-refractivity contribution in [1.82, 2.24) is 4.90 Å². The molecule has 1 aliphatic heterocycles. The highest BCUT2D eigenvalue weighted by molar-refractivity contribution is 6.32. The van der Waals surface area contributed by atoms with Crippen molar-refractivity contribution < 1.29 is 19.4 Å². The molecule has 5 nitrogen and oxygen atoms in total. The number of halogens is 1. The number of hydrogen-bond acceptors (Lipinski definition) is 5. The van der Waals surface area contributed by atoms with E-state index in [0.717, 1.165) is 18.5 Å². The Bertz CT molecular complexity index is 583. The molecule has 6 heteroatoms. The smallest absolute Gasteiger partial charge is 0.310 e. The van der Waals surface area contributed by atoms with Crippen LogP contribution in [-0.2, 0) is 16.1 Å². The summed E-state index contributed by atoms with van der Waals surface area (Å²) in [6, 6.07) is 3.22. The zero-order valence-corrected chi connectivity index (χ0v) is 14.8. The number of carbonyl (C=O) groups is 1. The number of phenolic OH excluding ortho intramolecular Hbond substituents is 1. The van der Waals surface area contributed by atoms with Crippen LogP contribution in [0.4, 0.5) is 0 Å². The predicted octanol–water partition coefficient (Wildman–Crippen LogP) is 3.22. The van der Waals surface area contributed by atoms with E-state index in [0.29, 0.717) is 23.9 Å². The number of likely N-dealkylation sites (tertiary alicyclic amines) is 1. The van der Waals surface area contributed by atoms with Crippen LogP contribution in [0.5, 0.6) is 11.5 Å². The summed E-state index contributed by atoms with van der Waals surface area (Å²) in [6.07, 6.45) is 0.781. The molecule has 1 atom stereocenters. The van der Waals surface area contributed by atoms with E-state index in [9.17, 15) is 9.90 Å². The molecule has 1 aliphatic rings. The molecule has 1 aromatic carbocycles. The topological polar surface area (TPSA) is 59.0 Å². The van der Waals surface area contributed by atoms with Crippen LogP contribution in [-0.4, -0.2) is 41.8 Å². The Morgan fingerprint density at radius 1 is 1.43 bits per heavy atom. The van der Waals surface area contributed by atoms with Gasteiger partial charge in [0, 0.05) is 24.7 Å². The van der Waals surface area contributed by atoms with E-state index in [1.54, 1.807) is 13.2 Å². The van der Waals surface area contributed by atoms with E-state index < -0.39 is 5.60 Å². The van der Waals surface area contributed by atoms with Crippen LogP contribution >= 0.6 is 11.6 Å². The molecule has 1 N–H and O–H groups in total. The van der Waals surface area contributed by atoms with Gasteiger partial charge in [-0.1, -0.05) is 11.6 Å². The van der Waals surface area contributed by atoms with Crippen LogP contribution in [0, 0.1) is 5.92 Å². The Hall–Kier alpha value is -1.46. The lowest BCUT2D eigenvalue weighted by molar-refractivity contribution is -0.159. The third-order valence-electron chi connectivity index (χ3n) is 3.76. The van der Waals surface area contributed by atoms with E-state index in [1.807, 2.05) is 20.8 Å². The van der Waals surface area contributed by atoms with Gasteiger partial charge in [0.2, 0.25) is 0 Å². The summed E-state index contributed by atoms with van der Waals surface area (Å²) in [5.74, 6) is 0.344. The fourth-order valence-corrected chi connectivity index (χ4v) is 2.88. The highest BCUT2D eigenvalue weighted by Gasteiger charge is 2.32. The Labute approximate surface area is 142 Å². The molecule has 0 aromatic heterocycles. The second kappa shape index (κ2) is 6.97. The number of carbonyl (C=O) groups excluding carboxylic acids is 1. The number of methoxy groups -OCH3 is 1. The average molecular weight is 342 g/mol. The fourth-order valence-electron chi connectivity index (χ4n) is 2.69. The van der Waals surface area contributed by atoms with Gasteiger partial charge in [0.1, 0.15) is 17.1 Å². The molecule has 0 aliphatic carbocycles. The molecular weight excluding hydrogens is 318 g/mol. The number of benzene rings is 1. The Morgan fingerprint density at radius 3 is 2.74 bits per heavy atom. The minimum atomic E-state index is -0.460. The van der Waals surface area contributed by atoms with Crippen LogP contribution < -0.4 is 4.74 Å². The lowest BCUT2D eigenvalue weighted by Crippen LogP contribution is -2.30. The van der Waals surface area contributed by atoms with Gasteiger partial charge in [-0.05, 0) is 39.8 Å². The molecule has 0 saturated carbocycles. The largest absolute Gasteiger partial charge is 0.506 e. The van der Waals surface area contributed by atoms with Crippen molar-refractivity contribution in [3.63, 3.8) is 0 Å². The molecule has 0 spiro atoms.